The minimum absolute atomic E-state index is 0.323. The van der Waals surface area contributed by atoms with Crippen LogP contribution in [0.2, 0.25) is 0 Å². The lowest BCUT2D eigenvalue weighted by molar-refractivity contribution is -0.0494. The van der Waals surface area contributed by atoms with Gasteiger partial charge < -0.3 is 14.3 Å². The van der Waals surface area contributed by atoms with Gasteiger partial charge in [-0.15, -0.1) is 0 Å². The van der Waals surface area contributed by atoms with Crippen LogP contribution in [0, 0.1) is 6.57 Å². The molecule has 3 heteroatoms. The van der Waals surface area contributed by atoms with Crippen molar-refractivity contribution < 1.29 is 9.47 Å². The van der Waals surface area contributed by atoms with Gasteiger partial charge in [-0.05, 0) is 6.42 Å². The Balaban J connectivity index is 2.72. The third-order valence-corrected chi connectivity index (χ3v) is 0.863. The van der Waals surface area contributed by atoms with Crippen LogP contribution in [0.15, 0.2) is 0 Å². The molecule has 58 valence electrons. The van der Waals surface area contributed by atoms with E-state index in [2.05, 4.69) is 4.85 Å². The minimum atomic E-state index is 0.323. The molecule has 0 fully saturated rings. The topological polar surface area (TPSA) is 22.8 Å². The predicted octanol–water partition coefficient (Wildman–Crippen LogP) is 1.31. The molecule has 10 heavy (non-hydrogen) atoms. The zero-order valence-corrected chi connectivity index (χ0v) is 6.30. The van der Waals surface area contributed by atoms with Crippen molar-refractivity contribution in [1.82, 2.24) is 0 Å². The zero-order valence-electron chi connectivity index (χ0n) is 6.30. The summed E-state index contributed by atoms with van der Waals surface area (Å²) in [5.74, 6) is 0. The highest BCUT2D eigenvalue weighted by Gasteiger charge is 1.87. The smallest absolute Gasteiger partial charge is 0.237 e. The molecule has 0 atom stereocenters. The number of hydrogen-bond donors (Lipinski definition) is 0. The van der Waals surface area contributed by atoms with Crippen LogP contribution in [-0.2, 0) is 9.47 Å². The van der Waals surface area contributed by atoms with Gasteiger partial charge in [-0.3, -0.25) is 0 Å². The zero-order chi connectivity index (χ0) is 7.66. The van der Waals surface area contributed by atoms with Crippen molar-refractivity contribution in [3.05, 3.63) is 11.4 Å². The fourth-order valence-electron chi connectivity index (χ4n) is 0.431. The average molecular weight is 143 g/mol. The van der Waals surface area contributed by atoms with E-state index < -0.39 is 0 Å². The number of nitrogens with zero attached hydrogens (tertiary/aromatic N) is 1. The van der Waals surface area contributed by atoms with Gasteiger partial charge in [0.2, 0.25) is 6.54 Å². The highest BCUT2D eigenvalue weighted by atomic mass is 16.7. The Bertz CT molecular complexity index is 98.3. The largest absolute Gasteiger partial charge is 0.355 e. The Labute approximate surface area is 61.8 Å². The fourth-order valence-corrected chi connectivity index (χ4v) is 0.431. The molecule has 0 saturated heterocycles. The number of rotatable bonds is 6. The van der Waals surface area contributed by atoms with Crippen LogP contribution >= 0.6 is 0 Å². The van der Waals surface area contributed by atoms with E-state index >= 15 is 0 Å². The molecule has 0 rings (SSSR count). The molecule has 0 bridgehead atoms. The van der Waals surface area contributed by atoms with Crippen LogP contribution in [0.1, 0.15) is 13.3 Å². The molecule has 0 saturated carbocycles. The molecule has 0 radical (unpaired) electrons. The molecule has 0 aromatic carbocycles. The molecule has 0 spiro atoms. The van der Waals surface area contributed by atoms with E-state index in [1.54, 1.807) is 0 Å². The van der Waals surface area contributed by atoms with Crippen LogP contribution in [0.5, 0.6) is 0 Å². The molecule has 0 aromatic rings. The van der Waals surface area contributed by atoms with Gasteiger partial charge in [0.1, 0.15) is 13.4 Å². The quantitative estimate of drug-likeness (QED) is 0.318. The van der Waals surface area contributed by atoms with E-state index in [4.69, 9.17) is 16.0 Å². The first-order chi connectivity index (χ1) is 4.91. The van der Waals surface area contributed by atoms with E-state index in [0.717, 1.165) is 13.0 Å². The first kappa shape index (κ1) is 9.41. The fraction of sp³-hybridized carbons (Fsp3) is 0.857. The normalized spacial score (nSPS) is 9.20. The lowest BCUT2D eigenvalue weighted by atomic mass is 10.5. The van der Waals surface area contributed by atoms with Crippen molar-refractivity contribution in [3.8, 4) is 0 Å². The molecule has 0 aliphatic heterocycles. The van der Waals surface area contributed by atoms with E-state index in [0.29, 0.717) is 19.9 Å². The van der Waals surface area contributed by atoms with Crippen LogP contribution in [-0.4, -0.2) is 26.6 Å². The van der Waals surface area contributed by atoms with Gasteiger partial charge in [0.15, 0.2) is 0 Å². The Morgan fingerprint density at radius 3 is 2.60 bits per heavy atom. The maximum atomic E-state index is 6.42. The van der Waals surface area contributed by atoms with Crippen molar-refractivity contribution in [2.75, 3.05) is 26.6 Å². The van der Waals surface area contributed by atoms with Gasteiger partial charge in [0.25, 0.3) is 0 Å². The Morgan fingerprint density at radius 1 is 1.30 bits per heavy atom. The summed E-state index contributed by atoms with van der Waals surface area (Å²) >= 11 is 0. The highest BCUT2D eigenvalue weighted by molar-refractivity contribution is 4.54. The molecule has 0 unspecified atom stereocenters. The predicted molar refractivity (Wildman–Crippen MR) is 38.5 cm³/mol. The highest BCUT2D eigenvalue weighted by Crippen LogP contribution is 1.81. The second-order valence-electron chi connectivity index (χ2n) is 1.82. The van der Waals surface area contributed by atoms with Crippen molar-refractivity contribution >= 4 is 0 Å². The van der Waals surface area contributed by atoms with Crippen molar-refractivity contribution in [3.63, 3.8) is 0 Å². The van der Waals surface area contributed by atoms with Crippen molar-refractivity contribution in [2.45, 2.75) is 13.3 Å². The van der Waals surface area contributed by atoms with E-state index in [1.807, 2.05) is 6.92 Å². The van der Waals surface area contributed by atoms with Gasteiger partial charge >= 0.3 is 0 Å². The maximum Gasteiger partial charge on any atom is 0.237 e. The van der Waals surface area contributed by atoms with Crippen molar-refractivity contribution in [1.29, 1.82) is 0 Å². The van der Waals surface area contributed by atoms with E-state index in [-0.39, 0.29) is 0 Å². The Hall–Kier alpha value is -0.590. The lowest BCUT2D eigenvalue weighted by Gasteiger charge is -1.99. The van der Waals surface area contributed by atoms with Gasteiger partial charge in [-0.2, -0.15) is 0 Å². The summed E-state index contributed by atoms with van der Waals surface area (Å²) in [6.45, 7) is 10.4. The van der Waals surface area contributed by atoms with Gasteiger partial charge in [0.05, 0.1) is 0 Å². The Morgan fingerprint density at radius 2 is 2.00 bits per heavy atom. The molecule has 3 nitrogen and oxygen atoms in total. The molecule has 0 aliphatic carbocycles. The lowest BCUT2D eigenvalue weighted by Crippen LogP contribution is -2.03. The van der Waals surface area contributed by atoms with Crippen LogP contribution in [0.3, 0.4) is 0 Å². The second-order valence-corrected chi connectivity index (χ2v) is 1.82. The van der Waals surface area contributed by atoms with Gasteiger partial charge in [0, 0.05) is 6.61 Å². The third kappa shape index (κ3) is 7.41. The number of hydrogen-bond acceptors (Lipinski definition) is 2. The first-order valence-electron chi connectivity index (χ1n) is 3.40. The molecular formula is C7H13NO2. The SMILES string of the molecule is [C-]#[N+]CCOCOCCC. The maximum absolute atomic E-state index is 6.42. The summed E-state index contributed by atoms with van der Waals surface area (Å²) in [5, 5.41) is 0. The Kier molecular flexibility index (Phi) is 7.91. The molecule has 0 aromatic heterocycles. The monoisotopic (exact) mass is 143 g/mol. The van der Waals surface area contributed by atoms with Crippen LogP contribution < -0.4 is 0 Å². The van der Waals surface area contributed by atoms with Gasteiger partial charge in [-0.25, -0.2) is 6.57 Å². The van der Waals surface area contributed by atoms with Crippen LogP contribution in [0.25, 0.3) is 4.85 Å². The molecular weight excluding hydrogens is 130 g/mol. The van der Waals surface area contributed by atoms with Crippen molar-refractivity contribution in [2.24, 2.45) is 0 Å². The number of ether oxygens (including phenoxy) is 2. The first-order valence-corrected chi connectivity index (χ1v) is 3.40. The average Bonchev–Trinajstić information content (AvgIpc) is 1.97. The van der Waals surface area contributed by atoms with E-state index in [9.17, 15) is 0 Å². The summed E-state index contributed by atoms with van der Waals surface area (Å²) in [7, 11) is 0. The minimum Gasteiger partial charge on any atom is -0.355 e. The molecule has 0 amide bonds. The standard InChI is InChI=1S/C7H13NO2/c1-3-5-9-7-10-6-4-8-2/h3-7H2,1H3. The van der Waals surface area contributed by atoms with Gasteiger partial charge in [-0.1, -0.05) is 6.92 Å². The summed E-state index contributed by atoms with van der Waals surface area (Å²) in [5.41, 5.74) is 0. The molecule has 0 N–H and O–H groups in total. The molecule has 0 aliphatic rings. The van der Waals surface area contributed by atoms with E-state index in [1.165, 1.54) is 0 Å². The van der Waals surface area contributed by atoms with Crippen LogP contribution in [0.4, 0.5) is 0 Å². The summed E-state index contributed by atoms with van der Waals surface area (Å²) in [4.78, 5) is 3.12. The summed E-state index contributed by atoms with van der Waals surface area (Å²) in [6.07, 6.45) is 1.01. The second kappa shape index (κ2) is 8.41. The summed E-state index contributed by atoms with van der Waals surface area (Å²) < 4.78 is 9.94. The third-order valence-electron chi connectivity index (χ3n) is 0.863. The summed E-state index contributed by atoms with van der Waals surface area (Å²) in [6, 6.07) is 0. The molecule has 0 heterocycles.